The van der Waals surface area contributed by atoms with Gasteiger partial charge in [0, 0.05) is 24.8 Å². The van der Waals surface area contributed by atoms with Crippen molar-refractivity contribution in [3.63, 3.8) is 0 Å². The molecule has 0 spiro atoms. The quantitative estimate of drug-likeness (QED) is 0.733. The fourth-order valence-corrected chi connectivity index (χ4v) is 2.38. The summed E-state index contributed by atoms with van der Waals surface area (Å²) in [5.74, 6) is 0.0723. The Bertz CT molecular complexity index is 589. The predicted octanol–water partition coefficient (Wildman–Crippen LogP) is 2.67. The van der Waals surface area contributed by atoms with Gasteiger partial charge in [0.15, 0.2) is 0 Å². The Labute approximate surface area is 126 Å². The van der Waals surface area contributed by atoms with Gasteiger partial charge in [0.25, 0.3) is 0 Å². The number of carbonyl (C=O) groups excluding carboxylic acids is 1. The molecule has 4 nitrogen and oxygen atoms in total. The summed E-state index contributed by atoms with van der Waals surface area (Å²) in [5.41, 5.74) is 2.39. The van der Waals surface area contributed by atoms with Crippen LogP contribution in [0.15, 0.2) is 30.5 Å². The third-order valence-electron chi connectivity index (χ3n) is 3.48. The summed E-state index contributed by atoms with van der Waals surface area (Å²) in [5, 5.41) is 7.51. The Morgan fingerprint density at radius 2 is 1.95 bits per heavy atom. The number of aromatic nitrogens is 1. The Morgan fingerprint density at radius 1 is 1.14 bits per heavy atom. The molecule has 1 heterocycles. The number of benzene rings is 1. The number of hydrogen-bond donors (Lipinski definition) is 2. The molecule has 0 aliphatic rings. The third-order valence-corrected chi connectivity index (χ3v) is 3.48. The van der Waals surface area contributed by atoms with Crippen LogP contribution in [0.2, 0.25) is 0 Å². The van der Waals surface area contributed by atoms with Gasteiger partial charge in [0.05, 0.1) is 0 Å². The fraction of sp³-hybridized carbons (Fsp3) is 0.471. The molecule has 0 aliphatic heterocycles. The zero-order valence-electron chi connectivity index (χ0n) is 13.0. The smallest absolute Gasteiger partial charge is 0.239 e. The molecule has 0 bridgehead atoms. The summed E-state index contributed by atoms with van der Waals surface area (Å²) in [6, 6.07) is 8.50. The second kappa shape index (κ2) is 7.84. The van der Waals surface area contributed by atoms with E-state index in [1.54, 1.807) is 0 Å². The molecule has 0 aliphatic carbocycles. The Kier molecular flexibility index (Phi) is 5.81. The number of nitrogens with zero attached hydrogens (tertiary/aromatic N) is 1. The van der Waals surface area contributed by atoms with Crippen molar-refractivity contribution in [2.45, 2.75) is 39.8 Å². The minimum Gasteiger partial charge on any atom is -0.355 e. The van der Waals surface area contributed by atoms with Crippen LogP contribution in [0.5, 0.6) is 0 Å². The van der Waals surface area contributed by atoms with Gasteiger partial charge < -0.3 is 15.2 Å². The molecule has 2 rings (SSSR count). The lowest BCUT2D eigenvalue weighted by atomic mass is 10.1. The zero-order valence-corrected chi connectivity index (χ0v) is 13.0. The Balaban J connectivity index is 2.04. The van der Waals surface area contributed by atoms with Crippen LogP contribution >= 0.6 is 0 Å². The molecular weight excluding hydrogens is 262 g/mol. The van der Waals surface area contributed by atoms with E-state index in [0.717, 1.165) is 38.0 Å². The fourth-order valence-electron chi connectivity index (χ4n) is 2.38. The SMILES string of the molecule is CCCNCc1ccc2c(ccn2CC(=O)NCCC)c1. The summed E-state index contributed by atoms with van der Waals surface area (Å²) in [6.45, 7) is 7.28. The van der Waals surface area contributed by atoms with Crippen LogP contribution in [0.3, 0.4) is 0 Å². The lowest BCUT2D eigenvalue weighted by Gasteiger charge is -2.07. The number of carbonyl (C=O) groups is 1. The average molecular weight is 287 g/mol. The first-order valence-corrected chi connectivity index (χ1v) is 7.79. The predicted molar refractivity (Wildman–Crippen MR) is 87.2 cm³/mol. The molecule has 0 saturated carbocycles. The van der Waals surface area contributed by atoms with E-state index in [1.807, 2.05) is 10.8 Å². The maximum atomic E-state index is 11.8. The van der Waals surface area contributed by atoms with Gasteiger partial charge in [-0.2, -0.15) is 0 Å². The maximum absolute atomic E-state index is 11.8. The Hall–Kier alpha value is -1.81. The van der Waals surface area contributed by atoms with Gasteiger partial charge in [-0.3, -0.25) is 4.79 Å². The van der Waals surface area contributed by atoms with E-state index in [-0.39, 0.29) is 5.91 Å². The van der Waals surface area contributed by atoms with Crippen molar-refractivity contribution in [1.29, 1.82) is 0 Å². The van der Waals surface area contributed by atoms with Gasteiger partial charge in [-0.1, -0.05) is 19.9 Å². The van der Waals surface area contributed by atoms with Crippen LogP contribution < -0.4 is 10.6 Å². The van der Waals surface area contributed by atoms with Gasteiger partial charge in [-0.05, 0) is 48.5 Å². The summed E-state index contributed by atoms with van der Waals surface area (Å²) >= 11 is 0. The lowest BCUT2D eigenvalue weighted by Crippen LogP contribution is -2.27. The highest BCUT2D eigenvalue weighted by Gasteiger charge is 2.06. The van der Waals surface area contributed by atoms with E-state index < -0.39 is 0 Å². The molecule has 2 aromatic rings. The molecule has 1 aromatic carbocycles. The number of amides is 1. The van der Waals surface area contributed by atoms with Crippen molar-refractivity contribution in [2.75, 3.05) is 13.1 Å². The molecular formula is C17H25N3O. The molecule has 0 unspecified atom stereocenters. The molecule has 0 saturated heterocycles. The molecule has 0 fully saturated rings. The second-order valence-electron chi connectivity index (χ2n) is 5.36. The summed E-state index contributed by atoms with van der Waals surface area (Å²) in [4.78, 5) is 11.8. The van der Waals surface area contributed by atoms with Crippen LogP contribution in [0.1, 0.15) is 32.3 Å². The summed E-state index contributed by atoms with van der Waals surface area (Å²) in [7, 11) is 0. The van der Waals surface area contributed by atoms with Gasteiger partial charge >= 0.3 is 0 Å². The highest BCUT2D eigenvalue weighted by atomic mass is 16.1. The Morgan fingerprint density at radius 3 is 2.71 bits per heavy atom. The van der Waals surface area contributed by atoms with E-state index in [0.29, 0.717) is 6.54 Å². The zero-order chi connectivity index (χ0) is 15.1. The van der Waals surface area contributed by atoms with E-state index >= 15 is 0 Å². The lowest BCUT2D eigenvalue weighted by molar-refractivity contribution is -0.121. The highest BCUT2D eigenvalue weighted by Crippen LogP contribution is 2.17. The first-order valence-electron chi connectivity index (χ1n) is 7.79. The number of fused-ring (bicyclic) bond motifs is 1. The van der Waals surface area contributed by atoms with E-state index in [4.69, 9.17) is 0 Å². The van der Waals surface area contributed by atoms with Gasteiger partial charge in [0.2, 0.25) is 5.91 Å². The van der Waals surface area contributed by atoms with Gasteiger partial charge in [-0.15, -0.1) is 0 Å². The molecule has 114 valence electrons. The van der Waals surface area contributed by atoms with Crippen LogP contribution in [0.25, 0.3) is 10.9 Å². The molecule has 1 amide bonds. The first-order chi connectivity index (χ1) is 10.2. The van der Waals surface area contributed by atoms with Crippen molar-refractivity contribution in [3.05, 3.63) is 36.0 Å². The standard InChI is InChI=1S/C17H25N3O/c1-3-8-18-12-14-5-6-16-15(11-14)7-10-20(16)13-17(21)19-9-4-2/h5-7,10-11,18H,3-4,8-9,12-13H2,1-2H3,(H,19,21). The van der Waals surface area contributed by atoms with Gasteiger partial charge in [-0.25, -0.2) is 0 Å². The monoisotopic (exact) mass is 287 g/mol. The van der Waals surface area contributed by atoms with E-state index in [1.165, 1.54) is 10.9 Å². The van der Waals surface area contributed by atoms with Crippen LogP contribution in [0, 0.1) is 0 Å². The van der Waals surface area contributed by atoms with Crippen LogP contribution in [-0.4, -0.2) is 23.6 Å². The maximum Gasteiger partial charge on any atom is 0.239 e. The summed E-state index contributed by atoms with van der Waals surface area (Å²) in [6.07, 6.45) is 4.09. The number of hydrogen-bond acceptors (Lipinski definition) is 2. The highest BCUT2D eigenvalue weighted by molar-refractivity contribution is 5.83. The molecule has 4 heteroatoms. The van der Waals surface area contributed by atoms with Crippen LogP contribution in [-0.2, 0) is 17.9 Å². The average Bonchev–Trinajstić information content (AvgIpc) is 2.88. The first kappa shape index (κ1) is 15.6. The largest absolute Gasteiger partial charge is 0.355 e. The summed E-state index contributed by atoms with van der Waals surface area (Å²) < 4.78 is 2.00. The molecule has 1 aromatic heterocycles. The van der Waals surface area contributed by atoms with Gasteiger partial charge in [0.1, 0.15) is 6.54 Å². The topological polar surface area (TPSA) is 46.1 Å². The van der Waals surface area contributed by atoms with Crippen LogP contribution in [0.4, 0.5) is 0 Å². The molecule has 0 radical (unpaired) electrons. The van der Waals surface area contributed by atoms with Crippen molar-refractivity contribution in [1.82, 2.24) is 15.2 Å². The second-order valence-corrected chi connectivity index (χ2v) is 5.36. The van der Waals surface area contributed by atoms with E-state index in [9.17, 15) is 4.79 Å². The third kappa shape index (κ3) is 4.33. The molecule has 2 N–H and O–H groups in total. The van der Waals surface area contributed by atoms with Crippen molar-refractivity contribution in [3.8, 4) is 0 Å². The number of rotatable bonds is 8. The van der Waals surface area contributed by atoms with E-state index in [2.05, 4.69) is 48.7 Å². The van der Waals surface area contributed by atoms with Crippen molar-refractivity contribution < 1.29 is 4.79 Å². The molecule has 21 heavy (non-hydrogen) atoms. The normalized spacial score (nSPS) is 11.0. The number of nitrogens with one attached hydrogen (secondary N) is 2. The van der Waals surface area contributed by atoms with Crippen molar-refractivity contribution >= 4 is 16.8 Å². The molecule has 0 atom stereocenters. The van der Waals surface area contributed by atoms with Crippen molar-refractivity contribution in [2.24, 2.45) is 0 Å². The minimum absolute atomic E-state index is 0.0723. The minimum atomic E-state index is 0.0723.